The number of fused-ring (bicyclic) bond motifs is 2. The summed E-state index contributed by atoms with van der Waals surface area (Å²) in [6.45, 7) is 1.00. The van der Waals surface area contributed by atoms with Crippen LogP contribution in [-0.4, -0.2) is 61.5 Å². The van der Waals surface area contributed by atoms with Gasteiger partial charge in [-0.1, -0.05) is 11.3 Å². The van der Waals surface area contributed by atoms with Crippen LogP contribution in [-0.2, 0) is 15.0 Å². The van der Waals surface area contributed by atoms with Crippen LogP contribution in [0.5, 0.6) is 5.06 Å². The van der Waals surface area contributed by atoms with Crippen molar-refractivity contribution in [3.8, 4) is 11.1 Å². The largest absolute Gasteiger partial charge is 0.486 e. The van der Waals surface area contributed by atoms with Crippen LogP contribution < -0.4 is 20.3 Å². The number of carbonyl (C=O) groups excluding carboxylic acids is 3. The molecule has 0 saturated carbocycles. The van der Waals surface area contributed by atoms with Gasteiger partial charge in [0.1, 0.15) is 0 Å². The minimum Gasteiger partial charge on any atom is -0.486 e. The van der Waals surface area contributed by atoms with Gasteiger partial charge in [-0.05, 0) is 30.2 Å². The standard InChI is InChI=1S/C20H20N6O4S/c1-22-16(27)17(28)25-6-5-20(10-25)11-26(14-4-3-12(8-21)7-13(14)20)19(29)24-18-23-9-15(30-2)31-18/h3-4,7,9H,5-6,10-11H2,1-2H3,(H,22,27)(H,23,24,29). The summed E-state index contributed by atoms with van der Waals surface area (Å²) in [4.78, 5) is 44.5. The lowest BCUT2D eigenvalue weighted by Gasteiger charge is -2.25. The number of thiazole rings is 1. The quantitative estimate of drug-likeness (QED) is 0.678. The lowest BCUT2D eigenvalue weighted by atomic mass is 9.81. The van der Waals surface area contributed by atoms with Gasteiger partial charge in [-0.2, -0.15) is 5.26 Å². The molecule has 1 atom stereocenters. The molecular weight excluding hydrogens is 420 g/mol. The number of rotatable bonds is 2. The fraction of sp³-hybridized carbons (Fsp3) is 0.350. The molecular formula is C20H20N6O4S. The summed E-state index contributed by atoms with van der Waals surface area (Å²) < 4.78 is 5.11. The van der Waals surface area contributed by atoms with Gasteiger partial charge in [-0.3, -0.25) is 19.8 Å². The van der Waals surface area contributed by atoms with E-state index in [1.54, 1.807) is 23.1 Å². The summed E-state index contributed by atoms with van der Waals surface area (Å²) in [5.41, 5.74) is 1.42. The molecule has 0 radical (unpaired) electrons. The van der Waals surface area contributed by atoms with Gasteiger partial charge in [0.2, 0.25) is 0 Å². The molecule has 4 amide bonds. The van der Waals surface area contributed by atoms with E-state index in [-0.39, 0.29) is 12.6 Å². The maximum Gasteiger partial charge on any atom is 0.328 e. The normalized spacial score (nSPS) is 19.1. The van der Waals surface area contributed by atoms with Crippen molar-refractivity contribution in [3.63, 3.8) is 0 Å². The molecule has 31 heavy (non-hydrogen) atoms. The SMILES string of the molecule is CNC(=O)C(=O)N1CCC2(C1)CN(C(=O)Nc1ncc(OC)s1)c1ccc(C#N)cc12. The maximum atomic E-state index is 13.1. The number of aromatic nitrogens is 1. The van der Waals surface area contributed by atoms with E-state index < -0.39 is 17.2 Å². The zero-order valence-electron chi connectivity index (χ0n) is 17.0. The number of urea groups is 1. The van der Waals surface area contributed by atoms with Crippen LogP contribution in [0.1, 0.15) is 17.5 Å². The van der Waals surface area contributed by atoms with E-state index in [2.05, 4.69) is 21.7 Å². The Labute approximate surface area is 182 Å². The number of nitriles is 1. The van der Waals surface area contributed by atoms with E-state index in [4.69, 9.17) is 4.74 Å². The molecule has 1 fully saturated rings. The highest BCUT2D eigenvalue weighted by Crippen LogP contribution is 2.47. The van der Waals surface area contributed by atoms with E-state index in [0.717, 1.165) is 5.56 Å². The van der Waals surface area contributed by atoms with Crippen molar-refractivity contribution in [2.24, 2.45) is 0 Å². The summed E-state index contributed by atoms with van der Waals surface area (Å²) in [6, 6.07) is 6.94. The van der Waals surface area contributed by atoms with Gasteiger partial charge in [0.25, 0.3) is 0 Å². The number of anilines is 2. The first-order valence-electron chi connectivity index (χ1n) is 9.55. The maximum absolute atomic E-state index is 13.1. The van der Waals surface area contributed by atoms with Crippen molar-refractivity contribution >= 4 is 40.0 Å². The number of likely N-dealkylation sites (tertiary alicyclic amines) is 1. The van der Waals surface area contributed by atoms with Gasteiger partial charge in [-0.15, -0.1) is 0 Å². The molecule has 11 heteroatoms. The second kappa shape index (κ2) is 7.88. The van der Waals surface area contributed by atoms with Crippen LogP contribution >= 0.6 is 11.3 Å². The van der Waals surface area contributed by atoms with Crippen LogP contribution in [0.3, 0.4) is 0 Å². The average Bonchev–Trinajstić information content (AvgIpc) is 3.50. The van der Waals surface area contributed by atoms with E-state index in [1.165, 1.54) is 36.6 Å². The molecule has 2 N–H and O–H groups in total. The van der Waals surface area contributed by atoms with Crippen LogP contribution in [0.15, 0.2) is 24.4 Å². The van der Waals surface area contributed by atoms with E-state index in [0.29, 0.717) is 41.0 Å². The number of hydrogen-bond donors (Lipinski definition) is 2. The fourth-order valence-corrected chi connectivity index (χ4v) is 4.76. The number of hydrogen-bond acceptors (Lipinski definition) is 7. The van der Waals surface area contributed by atoms with Gasteiger partial charge in [0.05, 0.1) is 24.9 Å². The summed E-state index contributed by atoms with van der Waals surface area (Å²) in [6.07, 6.45) is 2.10. The number of amides is 4. The van der Waals surface area contributed by atoms with E-state index in [1.807, 2.05) is 0 Å². The first kappa shape index (κ1) is 20.6. The molecule has 0 aliphatic carbocycles. The summed E-state index contributed by atoms with van der Waals surface area (Å²) in [5.74, 6) is -1.27. The molecule has 1 saturated heterocycles. The number of nitrogens with one attached hydrogen (secondary N) is 2. The molecule has 1 aromatic carbocycles. The Morgan fingerprint density at radius 2 is 2.13 bits per heavy atom. The number of ether oxygens (including phenoxy) is 1. The monoisotopic (exact) mass is 440 g/mol. The fourth-order valence-electron chi connectivity index (χ4n) is 4.14. The average molecular weight is 440 g/mol. The molecule has 1 aromatic heterocycles. The third-order valence-corrected chi connectivity index (χ3v) is 6.53. The molecule has 160 valence electrons. The van der Waals surface area contributed by atoms with Crippen molar-refractivity contribution in [1.29, 1.82) is 5.26 Å². The van der Waals surface area contributed by atoms with Crippen molar-refractivity contribution in [1.82, 2.24) is 15.2 Å². The van der Waals surface area contributed by atoms with Gasteiger partial charge >= 0.3 is 17.8 Å². The predicted octanol–water partition coefficient (Wildman–Crippen LogP) is 1.29. The van der Waals surface area contributed by atoms with Gasteiger partial charge in [0.15, 0.2) is 10.2 Å². The lowest BCUT2D eigenvalue weighted by molar-refractivity contribution is -0.145. The minimum absolute atomic E-state index is 0.288. The Morgan fingerprint density at radius 3 is 2.81 bits per heavy atom. The molecule has 1 unspecified atom stereocenters. The molecule has 1 spiro atoms. The van der Waals surface area contributed by atoms with Crippen molar-refractivity contribution < 1.29 is 19.1 Å². The number of benzene rings is 1. The zero-order chi connectivity index (χ0) is 22.2. The van der Waals surface area contributed by atoms with Crippen molar-refractivity contribution in [2.75, 3.05) is 44.0 Å². The molecule has 4 rings (SSSR count). The lowest BCUT2D eigenvalue weighted by Crippen LogP contribution is -2.44. The summed E-state index contributed by atoms with van der Waals surface area (Å²) in [7, 11) is 2.94. The second-order valence-electron chi connectivity index (χ2n) is 7.38. The first-order valence-corrected chi connectivity index (χ1v) is 10.4. The number of methoxy groups -OCH3 is 1. The smallest absolute Gasteiger partial charge is 0.328 e. The number of likely N-dealkylation sites (N-methyl/N-ethyl adjacent to an activating group) is 1. The highest BCUT2D eigenvalue weighted by atomic mass is 32.1. The topological polar surface area (TPSA) is 128 Å². The van der Waals surface area contributed by atoms with Crippen LogP contribution in [0.25, 0.3) is 0 Å². The molecule has 3 heterocycles. The van der Waals surface area contributed by atoms with E-state index >= 15 is 0 Å². The van der Waals surface area contributed by atoms with Gasteiger partial charge in [0, 0.05) is 37.8 Å². The highest BCUT2D eigenvalue weighted by molar-refractivity contribution is 7.17. The third kappa shape index (κ3) is 3.55. The van der Waals surface area contributed by atoms with Crippen LogP contribution in [0.4, 0.5) is 15.6 Å². The van der Waals surface area contributed by atoms with Crippen molar-refractivity contribution in [3.05, 3.63) is 35.5 Å². The Morgan fingerprint density at radius 1 is 1.32 bits per heavy atom. The molecule has 2 aromatic rings. The van der Waals surface area contributed by atoms with Gasteiger partial charge in [-0.25, -0.2) is 9.78 Å². The molecule has 10 nitrogen and oxygen atoms in total. The minimum atomic E-state index is -0.673. The molecule has 2 aliphatic heterocycles. The van der Waals surface area contributed by atoms with Crippen LogP contribution in [0, 0.1) is 11.3 Å². The second-order valence-corrected chi connectivity index (χ2v) is 8.38. The zero-order valence-corrected chi connectivity index (χ0v) is 17.8. The Kier molecular flexibility index (Phi) is 5.24. The predicted molar refractivity (Wildman–Crippen MR) is 113 cm³/mol. The first-order chi connectivity index (χ1) is 14.9. The van der Waals surface area contributed by atoms with Crippen molar-refractivity contribution in [2.45, 2.75) is 11.8 Å². The highest BCUT2D eigenvalue weighted by Gasteiger charge is 2.50. The molecule has 2 aliphatic rings. The number of carbonyl (C=O) groups is 3. The Hall–Kier alpha value is -3.65. The van der Waals surface area contributed by atoms with E-state index in [9.17, 15) is 19.6 Å². The molecule has 0 bridgehead atoms. The summed E-state index contributed by atoms with van der Waals surface area (Å²) in [5, 5.41) is 15.5. The van der Waals surface area contributed by atoms with Gasteiger partial charge < -0.3 is 15.0 Å². The third-order valence-electron chi connectivity index (χ3n) is 5.66. The summed E-state index contributed by atoms with van der Waals surface area (Å²) >= 11 is 1.21. The Balaban J connectivity index is 1.64. The van der Waals surface area contributed by atoms with Crippen LogP contribution in [0.2, 0.25) is 0 Å². The Bertz CT molecular complexity index is 1110. The number of nitrogens with zero attached hydrogens (tertiary/aromatic N) is 4.